The Balaban J connectivity index is 4.86. The molecule has 0 amide bonds. The zero-order valence-electron chi connectivity index (χ0n) is 12.1. The minimum Gasteiger partial charge on any atom is -0.513 e. The van der Waals surface area contributed by atoms with E-state index in [0.717, 1.165) is 5.57 Å². The van der Waals surface area contributed by atoms with E-state index < -0.39 is 0 Å². The average molecular weight is 251 g/mol. The Morgan fingerprint density at radius 1 is 1.33 bits per heavy atom. The Morgan fingerprint density at radius 3 is 2.22 bits per heavy atom. The number of aliphatic hydroxyl groups is 1. The van der Waals surface area contributed by atoms with E-state index in [-0.39, 0.29) is 23.1 Å². The maximum Gasteiger partial charge on any atom is 0.147 e. The van der Waals surface area contributed by atoms with Gasteiger partial charge in [0.1, 0.15) is 5.78 Å². The maximum absolute atomic E-state index is 11.6. The number of carbonyl (C=O) groups is 1. The molecule has 1 atom stereocenters. The molecule has 0 rings (SSSR count). The zero-order valence-corrected chi connectivity index (χ0v) is 12.1. The predicted octanol–water partition coefficient (Wildman–Crippen LogP) is 3.30. The van der Waals surface area contributed by atoms with Crippen LogP contribution in [0.25, 0.3) is 0 Å². The molecule has 0 fully saturated rings. The molecule has 0 saturated carbocycles. The summed E-state index contributed by atoms with van der Waals surface area (Å²) in [6.07, 6.45) is 5.66. The van der Waals surface area contributed by atoms with Gasteiger partial charge in [-0.3, -0.25) is 4.79 Å². The first-order valence-electron chi connectivity index (χ1n) is 6.12. The Hall–Kier alpha value is -1.35. The summed E-state index contributed by atoms with van der Waals surface area (Å²) in [5, 5.41) is 12.4. The molecule has 0 aliphatic rings. The molecule has 0 aliphatic carbocycles. The molecule has 3 nitrogen and oxygen atoms in total. The number of Topliss-reactive ketones (excluding diaryl/α,β-unsaturated/α-hetero) is 1. The van der Waals surface area contributed by atoms with Crippen molar-refractivity contribution in [2.24, 2.45) is 0 Å². The fourth-order valence-corrected chi connectivity index (χ4v) is 1.50. The number of hydrogen-bond donors (Lipinski definition) is 2. The summed E-state index contributed by atoms with van der Waals surface area (Å²) >= 11 is 0. The summed E-state index contributed by atoms with van der Waals surface area (Å²) in [5.74, 6) is 0.333. The summed E-state index contributed by atoms with van der Waals surface area (Å²) in [4.78, 5) is 11.6. The third kappa shape index (κ3) is 7.85. The van der Waals surface area contributed by atoms with Gasteiger partial charge in [0.15, 0.2) is 0 Å². The standard InChI is InChI=1S/C15H25NO2/c1-7-13(9-8-11(2)17)10-14(12(3)18)16-15(4,5)6/h7-9,14,16-17H,1,10H2,2-6H3/b11-8+,13-9+. The van der Waals surface area contributed by atoms with Gasteiger partial charge in [0, 0.05) is 5.54 Å². The van der Waals surface area contributed by atoms with Gasteiger partial charge in [-0.15, -0.1) is 0 Å². The molecule has 0 saturated heterocycles. The van der Waals surface area contributed by atoms with E-state index in [1.807, 2.05) is 20.8 Å². The molecule has 0 radical (unpaired) electrons. The van der Waals surface area contributed by atoms with Crippen molar-refractivity contribution in [3.05, 3.63) is 36.1 Å². The van der Waals surface area contributed by atoms with Crippen molar-refractivity contribution in [1.82, 2.24) is 5.32 Å². The summed E-state index contributed by atoms with van der Waals surface area (Å²) in [6.45, 7) is 13.0. The van der Waals surface area contributed by atoms with Crippen molar-refractivity contribution in [2.45, 2.75) is 52.6 Å². The SMILES string of the molecule is C=C/C(=C\C=C(/C)O)CC(NC(C)(C)C)C(C)=O. The highest BCUT2D eigenvalue weighted by Gasteiger charge is 2.21. The molecule has 0 spiro atoms. The van der Waals surface area contributed by atoms with Crippen LogP contribution >= 0.6 is 0 Å². The van der Waals surface area contributed by atoms with Gasteiger partial charge >= 0.3 is 0 Å². The lowest BCUT2D eigenvalue weighted by Crippen LogP contribution is -2.47. The van der Waals surface area contributed by atoms with Crippen molar-refractivity contribution >= 4 is 5.78 Å². The molecule has 3 heteroatoms. The van der Waals surface area contributed by atoms with E-state index >= 15 is 0 Å². The van der Waals surface area contributed by atoms with Gasteiger partial charge < -0.3 is 10.4 Å². The first-order chi connectivity index (χ1) is 8.15. The number of aliphatic hydroxyl groups excluding tert-OH is 1. The first kappa shape index (κ1) is 16.6. The van der Waals surface area contributed by atoms with Crippen LogP contribution in [0.15, 0.2) is 36.1 Å². The summed E-state index contributed by atoms with van der Waals surface area (Å²) in [7, 11) is 0. The van der Waals surface area contributed by atoms with E-state index in [1.165, 1.54) is 0 Å². The number of ketones is 1. The Labute approximate surface area is 110 Å². The number of allylic oxidation sites excluding steroid dienone is 4. The Bertz CT molecular complexity index is 355. The monoisotopic (exact) mass is 251 g/mol. The molecule has 2 N–H and O–H groups in total. The third-order valence-corrected chi connectivity index (χ3v) is 2.34. The highest BCUT2D eigenvalue weighted by Crippen LogP contribution is 2.12. The van der Waals surface area contributed by atoms with E-state index in [2.05, 4.69) is 11.9 Å². The van der Waals surface area contributed by atoms with Crippen molar-refractivity contribution in [2.75, 3.05) is 0 Å². The lowest BCUT2D eigenvalue weighted by Gasteiger charge is -2.27. The van der Waals surface area contributed by atoms with E-state index in [9.17, 15) is 4.79 Å². The van der Waals surface area contributed by atoms with Crippen LogP contribution < -0.4 is 5.32 Å². The molecule has 102 valence electrons. The molecule has 1 unspecified atom stereocenters. The molecule has 0 aromatic rings. The highest BCUT2D eigenvalue weighted by atomic mass is 16.3. The number of hydrogen-bond acceptors (Lipinski definition) is 3. The smallest absolute Gasteiger partial charge is 0.147 e. The van der Waals surface area contributed by atoms with E-state index in [4.69, 9.17) is 5.11 Å². The van der Waals surface area contributed by atoms with Crippen LogP contribution in [0.1, 0.15) is 41.0 Å². The van der Waals surface area contributed by atoms with Gasteiger partial charge in [-0.25, -0.2) is 0 Å². The van der Waals surface area contributed by atoms with Crippen molar-refractivity contribution in [1.29, 1.82) is 0 Å². The lowest BCUT2D eigenvalue weighted by atomic mass is 9.98. The van der Waals surface area contributed by atoms with E-state index in [1.54, 1.807) is 32.1 Å². The van der Waals surface area contributed by atoms with Crippen LogP contribution in [0.5, 0.6) is 0 Å². The van der Waals surface area contributed by atoms with Gasteiger partial charge in [-0.1, -0.05) is 18.7 Å². The average Bonchev–Trinajstić information content (AvgIpc) is 2.20. The minimum atomic E-state index is -0.235. The molecule has 0 bridgehead atoms. The van der Waals surface area contributed by atoms with Crippen molar-refractivity contribution < 1.29 is 9.90 Å². The quantitative estimate of drug-likeness (QED) is 0.562. The van der Waals surface area contributed by atoms with Crippen LogP contribution in [0.3, 0.4) is 0 Å². The topological polar surface area (TPSA) is 49.3 Å². The van der Waals surface area contributed by atoms with Crippen LogP contribution in [0, 0.1) is 0 Å². The molecule has 0 aromatic carbocycles. The molecular formula is C15H25NO2. The van der Waals surface area contributed by atoms with Gasteiger partial charge in [-0.05, 0) is 52.7 Å². The van der Waals surface area contributed by atoms with Gasteiger partial charge in [0.05, 0.1) is 11.8 Å². The zero-order chi connectivity index (χ0) is 14.3. The van der Waals surface area contributed by atoms with Gasteiger partial charge in [-0.2, -0.15) is 0 Å². The van der Waals surface area contributed by atoms with Crippen molar-refractivity contribution in [3.63, 3.8) is 0 Å². The third-order valence-electron chi connectivity index (χ3n) is 2.34. The fourth-order valence-electron chi connectivity index (χ4n) is 1.50. The second kappa shape index (κ2) is 7.17. The van der Waals surface area contributed by atoms with Crippen LogP contribution in [0.2, 0.25) is 0 Å². The van der Waals surface area contributed by atoms with Crippen LogP contribution in [-0.2, 0) is 4.79 Å². The molecule has 18 heavy (non-hydrogen) atoms. The fraction of sp³-hybridized carbons (Fsp3) is 0.533. The second-order valence-electron chi connectivity index (χ2n) is 5.52. The predicted molar refractivity (Wildman–Crippen MR) is 76.6 cm³/mol. The Morgan fingerprint density at radius 2 is 1.89 bits per heavy atom. The minimum absolute atomic E-state index is 0.0994. The normalized spacial score (nSPS) is 15.4. The van der Waals surface area contributed by atoms with Gasteiger partial charge in [0.2, 0.25) is 0 Å². The first-order valence-corrected chi connectivity index (χ1v) is 6.12. The summed E-state index contributed by atoms with van der Waals surface area (Å²) in [5.41, 5.74) is 0.797. The number of rotatable bonds is 6. The van der Waals surface area contributed by atoms with E-state index in [0.29, 0.717) is 6.42 Å². The van der Waals surface area contributed by atoms with Crippen molar-refractivity contribution in [3.8, 4) is 0 Å². The number of nitrogens with one attached hydrogen (secondary N) is 1. The van der Waals surface area contributed by atoms with Crippen LogP contribution in [-0.4, -0.2) is 22.5 Å². The maximum atomic E-state index is 11.6. The summed E-state index contributed by atoms with van der Waals surface area (Å²) in [6, 6.07) is -0.235. The molecule has 0 aliphatic heterocycles. The largest absolute Gasteiger partial charge is 0.513 e. The Kier molecular flexibility index (Phi) is 6.63. The molecule has 0 heterocycles. The van der Waals surface area contributed by atoms with Gasteiger partial charge in [0.25, 0.3) is 0 Å². The number of carbonyl (C=O) groups excluding carboxylic acids is 1. The lowest BCUT2D eigenvalue weighted by molar-refractivity contribution is -0.119. The molecule has 0 aromatic heterocycles. The van der Waals surface area contributed by atoms with Crippen LogP contribution in [0.4, 0.5) is 0 Å². The second-order valence-corrected chi connectivity index (χ2v) is 5.52. The molecular weight excluding hydrogens is 226 g/mol. The summed E-state index contributed by atoms with van der Waals surface area (Å²) < 4.78 is 0. The highest BCUT2D eigenvalue weighted by molar-refractivity contribution is 5.82.